The van der Waals surface area contributed by atoms with Crippen molar-refractivity contribution in [3.8, 4) is 16.9 Å². The van der Waals surface area contributed by atoms with E-state index in [1.165, 1.54) is 5.56 Å². The van der Waals surface area contributed by atoms with Gasteiger partial charge in [-0.15, -0.1) is 0 Å². The number of carbonyl (C=O) groups excluding carboxylic acids is 2. The van der Waals surface area contributed by atoms with Crippen LogP contribution >= 0.6 is 11.6 Å². The minimum Gasteiger partial charge on any atom is -0.330 e. The molecule has 1 aromatic heterocycles. The maximum atomic E-state index is 12.9. The second kappa shape index (κ2) is 9.17. The molecule has 1 aliphatic carbocycles. The lowest BCUT2D eigenvalue weighted by atomic mass is 10.1. The van der Waals surface area contributed by atoms with E-state index in [9.17, 15) is 9.59 Å². The number of anilines is 1. The number of imidazole rings is 1. The highest BCUT2D eigenvalue weighted by molar-refractivity contribution is 6.30. The molecule has 1 N–H and O–H groups in total. The van der Waals surface area contributed by atoms with E-state index in [1.54, 1.807) is 4.90 Å². The molecular weight excluding hydrogens is 424 g/mol. The van der Waals surface area contributed by atoms with E-state index >= 15 is 0 Å². The fourth-order valence-electron chi connectivity index (χ4n) is 3.63. The Morgan fingerprint density at radius 3 is 2.47 bits per heavy atom. The maximum absolute atomic E-state index is 12.9. The van der Waals surface area contributed by atoms with Crippen LogP contribution in [0.25, 0.3) is 16.9 Å². The molecule has 2 amide bonds. The number of hydrogen-bond acceptors (Lipinski definition) is 3. The Hall–Kier alpha value is -3.12. The standard InChI is InChI=1S/C25H27ClN4O2/c1-4-24(32)29(20-11-12-20)15-23(31)28-25-27-22(18-6-8-19(26)9-7-18)14-30(25)21-10-5-16(2)17(3)13-21/h5-10,13-14,20H,4,11-12,15H2,1-3H3,(H,27,28,31). The summed E-state index contributed by atoms with van der Waals surface area (Å²) in [5.41, 5.74) is 4.86. The molecular formula is C25H27ClN4O2. The van der Waals surface area contributed by atoms with Gasteiger partial charge in [0.1, 0.15) is 6.54 Å². The first-order valence-corrected chi connectivity index (χ1v) is 11.3. The number of aryl methyl sites for hydroxylation is 2. The molecule has 4 rings (SSSR count). The van der Waals surface area contributed by atoms with Crippen molar-refractivity contribution in [1.29, 1.82) is 0 Å². The SMILES string of the molecule is CCC(=O)N(CC(=O)Nc1nc(-c2ccc(Cl)cc2)cn1-c1ccc(C)c(C)c1)C1CC1. The Labute approximate surface area is 193 Å². The topological polar surface area (TPSA) is 67.2 Å². The molecule has 1 saturated carbocycles. The molecule has 1 aliphatic rings. The Morgan fingerprint density at radius 1 is 1.12 bits per heavy atom. The lowest BCUT2D eigenvalue weighted by molar-refractivity contribution is -0.135. The molecule has 32 heavy (non-hydrogen) atoms. The smallest absolute Gasteiger partial charge is 0.246 e. The number of amides is 2. The number of carbonyl (C=O) groups is 2. The summed E-state index contributed by atoms with van der Waals surface area (Å²) in [6, 6.07) is 13.7. The fraction of sp³-hybridized carbons (Fsp3) is 0.320. The minimum atomic E-state index is -0.253. The van der Waals surface area contributed by atoms with E-state index in [1.807, 2.05) is 54.1 Å². The van der Waals surface area contributed by atoms with E-state index in [0.29, 0.717) is 17.4 Å². The van der Waals surface area contributed by atoms with Crippen LogP contribution in [0.5, 0.6) is 0 Å². The van der Waals surface area contributed by atoms with E-state index in [4.69, 9.17) is 16.6 Å². The van der Waals surface area contributed by atoms with E-state index in [0.717, 1.165) is 35.3 Å². The van der Waals surface area contributed by atoms with Gasteiger partial charge in [-0.05, 0) is 62.1 Å². The van der Waals surface area contributed by atoms with Gasteiger partial charge in [0.2, 0.25) is 17.8 Å². The van der Waals surface area contributed by atoms with Gasteiger partial charge in [-0.3, -0.25) is 19.5 Å². The van der Waals surface area contributed by atoms with Crippen LogP contribution in [-0.4, -0.2) is 38.9 Å². The highest BCUT2D eigenvalue weighted by Gasteiger charge is 2.33. The number of rotatable bonds is 7. The molecule has 0 atom stereocenters. The van der Waals surface area contributed by atoms with Gasteiger partial charge in [-0.2, -0.15) is 0 Å². The van der Waals surface area contributed by atoms with E-state index in [2.05, 4.69) is 25.2 Å². The van der Waals surface area contributed by atoms with Crippen molar-refractivity contribution in [3.05, 3.63) is 64.8 Å². The first kappa shape index (κ1) is 22.1. The number of nitrogens with zero attached hydrogens (tertiary/aromatic N) is 3. The van der Waals surface area contributed by atoms with Crippen LogP contribution in [0.1, 0.15) is 37.3 Å². The summed E-state index contributed by atoms with van der Waals surface area (Å²) in [6.45, 7) is 5.97. The molecule has 0 bridgehead atoms. The third-order valence-electron chi connectivity index (χ3n) is 5.79. The first-order valence-electron chi connectivity index (χ1n) is 10.9. The van der Waals surface area contributed by atoms with Crippen molar-refractivity contribution in [2.24, 2.45) is 0 Å². The largest absolute Gasteiger partial charge is 0.330 e. The second-order valence-corrected chi connectivity index (χ2v) is 8.69. The summed E-state index contributed by atoms with van der Waals surface area (Å²) >= 11 is 6.03. The van der Waals surface area contributed by atoms with Crippen LogP contribution in [0, 0.1) is 13.8 Å². The summed E-state index contributed by atoms with van der Waals surface area (Å²) in [5.74, 6) is 0.168. The predicted molar refractivity (Wildman–Crippen MR) is 127 cm³/mol. The van der Waals surface area contributed by atoms with Crippen LogP contribution in [0.15, 0.2) is 48.7 Å². The Balaban J connectivity index is 1.65. The van der Waals surface area contributed by atoms with Crippen LogP contribution in [0.2, 0.25) is 5.02 Å². The summed E-state index contributed by atoms with van der Waals surface area (Å²) < 4.78 is 1.87. The Kier molecular flexibility index (Phi) is 6.33. The summed E-state index contributed by atoms with van der Waals surface area (Å²) in [6.07, 6.45) is 4.20. The number of halogens is 1. The molecule has 0 unspecified atom stereocenters. The number of hydrogen-bond donors (Lipinski definition) is 1. The molecule has 166 valence electrons. The minimum absolute atomic E-state index is 0.00186. The van der Waals surface area contributed by atoms with Crippen LogP contribution in [-0.2, 0) is 9.59 Å². The average molecular weight is 451 g/mol. The van der Waals surface area contributed by atoms with Gasteiger partial charge >= 0.3 is 0 Å². The molecule has 7 heteroatoms. The first-order chi connectivity index (χ1) is 15.4. The van der Waals surface area contributed by atoms with Crippen molar-refractivity contribution in [2.45, 2.75) is 46.1 Å². The Morgan fingerprint density at radius 2 is 1.84 bits per heavy atom. The monoisotopic (exact) mass is 450 g/mol. The average Bonchev–Trinajstić information content (AvgIpc) is 3.54. The second-order valence-electron chi connectivity index (χ2n) is 8.25. The van der Waals surface area contributed by atoms with Gasteiger partial charge in [0.15, 0.2) is 0 Å². The van der Waals surface area contributed by atoms with Crippen LogP contribution < -0.4 is 5.32 Å². The Bertz CT molecular complexity index is 1150. The van der Waals surface area contributed by atoms with Gasteiger partial charge in [0.05, 0.1) is 5.69 Å². The maximum Gasteiger partial charge on any atom is 0.246 e. The van der Waals surface area contributed by atoms with Gasteiger partial charge in [0.25, 0.3) is 0 Å². The number of nitrogens with one attached hydrogen (secondary N) is 1. The van der Waals surface area contributed by atoms with Crippen LogP contribution in [0.4, 0.5) is 5.95 Å². The molecule has 1 fully saturated rings. The summed E-state index contributed by atoms with van der Waals surface area (Å²) in [7, 11) is 0. The summed E-state index contributed by atoms with van der Waals surface area (Å²) in [5, 5.41) is 3.58. The number of benzene rings is 2. The molecule has 0 saturated heterocycles. The van der Waals surface area contributed by atoms with Gasteiger partial charge in [-0.25, -0.2) is 4.98 Å². The lowest BCUT2D eigenvalue weighted by Crippen LogP contribution is -2.39. The summed E-state index contributed by atoms with van der Waals surface area (Å²) in [4.78, 5) is 31.5. The van der Waals surface area contributed by atoms with Crippen molar-refractivity contribution in [1.82, 2.24) is 14.5 Å². The molecule has 0 radical (unpaired) electrons. The third-order valence-corrected chi connectivity index (χ3v) is 6.04. The quantitative estimate of drug-likeness (QED) is 0.541. The van der Waals surface area contributed by atoms with Gasteiger partial charge in [-0.1, -0.05) is 36.7 Å². The van der Waals surface area contributed by atoms with Gasteiger partial charge in [0, 0.05) is 34.9 Å². The fourth-order valence-corrected chi connectivity index (χ4v) is 3.76. The van der Waals surface area contributed by atoms with E-state index < -0.39 is 0 Å². The zero-order valence-corrected chi connectivity index (χ0v) is 19.3. The van der Waals surface area contributed by atoms with Crippen molar-refractivity contribution in [3.63, 3.8) is 0 Å². The van der Waals surface area contributed by atoms with Crippen molar-refractivity contribution >= 4 is 29.4 Å². The molecule has 1 heterocycles. The third kappa shape index (κ3) is 4.86. The highest BCUT2D eigenvalue weighted by atomic mass is 35.5. The zero-order chi connectivity index (χ0) is 22.8. The normalized spacial score (nSPS) is 13.1. The number of aromatic nitrogens is 2. The van der Waals surface area contributed by atoms with Crippen molar-refractivity contribution < 1.29 is 9.59 Å². The molecule has 3 aromatic rings. The predicted octanol–water partition coefficient (Wildman–Crippen LogP) is 5.15. The lowest BCUT2D eigenvalue weighted by Gasteiger charge is -2.21. The van der Waals surface area contributed by atoms with Crippen molar-refractivity contribution in [2.75, 3.05) is 11.9 Å². The van der Waals surface area contributed by atoms with Crippen LogP contribution in [0.3, 0.4) is 0 Å². The highest BCUT2D eigenvalue weighted by Crippen LogP contribution is 2.28. The van der Waals surface area contributed by atoms with Gasteiger partial charge < -0.3 is 4.90 Å². The molecule has 0 aliphatic heterocycles. The molecule has 6 nitrogen and oxygen atoms in total. The zero-order valence-electron chi connectivity index (χ0n) is 18.6. The van der Waals surface area contributed by atoms with E-state index in [-0.39, 0.29) is 24.4 Å². The molecule has 0 spiro atoms. The molecule has 2 aromatic carbocycles.